The second-order valence-corrected chi connectivity index (χ2v) is 3.83. The third-order valence-electron chi connectivity index (χ3n) is 2.44. The molecule has 88 valence electrons. The van der Waals surface area contributed by atoms with Crippen molar-refractivity contribution in [3.63, 3.8) is 0 Å². The summed E-state index contributed by atoms with van der Waals surface area (Å²) in [7, 11) is 0. The fourth-order valence-electron chi connectivity index (χ4n) is 1.60. The van der Waals surface area contributed by atoms with Crippen molar-refractivity contribution in [2.24, 2.45) is 4.99 Å². The summed E-state index contributed by atoms with van der Waals surface area (Å²) in [5.41, 5.74) is 0.595. The highest BCUT2D eigenvalue weighted by atomic mass is 16.1. The van der Waals surface area contributed by atoms with Crippen LogP contribution in [0.3, 0.4) is 0 Å². The molecule has 3 heteroatoms. The van der Waals surface area contributed by atoms with Gasteiger partial charge in [-0.25, -0.2) is 0 Å². The van der Waals surface area contributed by atoms with Gasteiger partial charge in [-0.05, 0) is 38.5 Å². The van der Waals surface area contributed by atoms with Gasteiger partial charge in [0.25, 0.3) is 0 Å². The van der Waals surface area contributed by atoms with Gasteiger partial charge in [-0.3, -0.25) is 9.79 Å². The highest BCUT2D eigenvalue weighted by Gasteiger charge is 2.21. The first kappa shape index (κ1) is 12.7. The van der Waals surface area contributed by atoms with Crippen molar-refractivity contribution in [2.45, 2.75) is 39.2 Å². The van der Waals surface area contributed by atoms with E-state index in [-0.39, 0.29) is 11.8 Å². The van der Waals surface area contributed by atoms with E-state index in [4.69, 9.17) is 0 Å². The predicted molar refractivity (Wildman–Crippen MR) is 67.7 cm³/mol. The van der Waals surface area contributed by atoms with E-state index in [1.807, 2.05) is 25.3 Å². The largest absolute Gasteiger partial charge is 0.381 e. The molecule has 0 fully saturated rings. The van der Waals surface area contributed by atoms with Gasteiger partial charge in [0.05, 0.1) is 6.04 Å². The molecule has 0 unspecified atom stereocenters. The highest BCUT2D eigenvalue weighted by Crippen LogP contribution is 2.07. The number of allylic oxidation sites excluding steroid dienone is 3. The molecule has 0 spiro atoms. The van der Waals surface area contributed by atoms with E-state index in [0.29, 0.717) is 12.3 Å². The lowest BCUT2D eigenvalue weighted by molar-refractivity contribution is -0.114. The molecule has 1 heterocycles. The summed E-state index contributed by atoms with van der Waals surface area (Å²) in [5, 5.41) is 3.09. The zero-order valence-corrected chi connectivity index (χ0v) is 10.1. The minimum absolute atomic E-state index is 0.100. The van der Waals surface area contributed by atoms with Crippen molar-refractivity contribution >= 4 is 11.5 Å². The summed E-state index contributed by atoms with van der Waals surface area (Å²) >= 11 is 0. The van der Waals surface area contributed by atoms with Gasteiger partial charge in [-0.2, -0.15) is 0 Å². The lowest BCUT2D eigenvalue weighted by Gasteiger charge is -2.18. The summed E-state index contributed by atoms with van der Waals surface area (Å²) < 4.78 is 0. The normalized spacial score (nSPS) is 21.1. The first-order valence-electron chi connectivity index (χ1n) is 5.92. The van der Waals surface area contributed by atoms with Crippen LogP contribution in [0.15, 0.2) is 29.4 Å². The van der Waals surface area contributed by atoms with E-state index in [2.05, 4.69) is 17.2 Å². The van der Waals surface area contributed by atoms with Crippen LogP contribution in [0, 0.1) is 0 Å². The molecule has 1 aliphatic heterocycles. The minimum atomic E-state index is -0.100. The molecule has 0 saturated carbocycles. The Morgan fingerprint density at radius 2 is 2.44 bits per heavy atom. The van der Waals surface area contributed by atoms with Crippen molar-refractivity contribution in [3.8, 4) is 0 Å². The van der Waals surface area contributed by atoms with E-state index in [1.165, 1.54) is 0 Å². The zero-order chi connectivity index (χ0) is 11.8. The van der Waals surface area contributed by atoms with E-state index >= 15 is 0 Å². The molecule has 1 N–H and O–H groups in total. The second-order valence-electron chi connectivity index (χ2n) is 3.83. The van der Waals surface area contributed by atoms with Crippen molar-refractivity contribution in [2.75, 3.05) is 6.54 Å². The number of rotatable bonds is 5. The lowest BCUT2D eigenvalue weighted by atomic mass is 10.0. The SMILES string of the molecule is C/C=C\C(=N/CCC)C(=O)[C@@H]1CCC=CN1. The van der Waals surface area contributed by atoms with Crippen LogP contribution in [0.1, 0.15) is 33.1 Å². The molecule has 0 aliphatic carbocycles. The summed E-state index contributed by atoms with van der Waals surface area (Å²) in [6.45, 7) is 4.68. The van der Waals surface area contributed by atoms with Crippen LogP contribution in [0.25, 0.3) is 0 Å². The molecule has 16 heavy (non-hydrogen) atoms. The minimum Gasteiger partial charge on any atom is -0.381 e. The predicted octanol–water partition coefficient (Wildman–Crippen LogP) is 2.25. The maximum absolute atomic E-state index is 12.1. The third kappa shape index (κ3) is 3.65. The molecule has 0 radical (unpaired) electrons. The molecule has 1 atom stereocenters. The van der Waals surface area contributed by atoms with Crippen molar-refractivity contribution < 1.29 is 4.79 Å². The Morgan fingerprint density at radius 1 is 1.62 bits per heavy atom. The van der Waals surface area contributed by atoms with E-state index in [1.54, 1.807) is 6.08 Å². The molecule has 0 aromatic carbocycles. The maximum atomic E-state index is 12.1. The monoisotopic (exact) mass is 220 g/mol. The summed E-state index contributed by atoms with van der Waals surface area (Å²) in [5.74, 6) is 0.107. The van der Waals surface area contributed by atoms with Gasteiger partial charge >= 0.3 is 0 Å². The van der Waals surface area contributed by atoms with Crippen molar-refractivity contribution in [1.29, 1.82) is 0 Å². The maximum Gasteiger partial charge on any atom is 0.202 e. The number of Topliss-reactive ketones (excluding diaryl/α,β-unsaturated/α-hetero) is 1. The molecule has 1 aliphatic rings. The van der Waals surface area contributed by atoms with Crippen LogP contribution < -0.4 is 5.32 Å². The van der Waals surface area contributed by atoms with Gasteiger partial charge < -0.3 is 5.32 Å². The van der Waals surface area contributed by atoms with E-state index in [0.717, 1.165) is 19.3 Å². The highest BCUT2D eigenvalue weighted by molar-refractivity contribution is 6.45. The number of carbonyl (C=O) groups is 1. The van der Waals surface area contributed by atoms with Gasteiger partial charge in [0.15, 0.2) is 0 Å². The molecular weight excluding hydrogens is 200 g/mol. The summed E-state index contributed by atoms with van der Waals surface area (Å²) in [6.07, 6.45) is 10.4. The third-order valence-corrected chi connectivity index (χ3v) is 2.44. The number of ketones is 1. The Bertz CT molecular complexity index is 316. The second kappa shape index (κ2) is 6.99. The van der Waals surface area contributed by atoms with Crippen LogP contribution in [0.2, 0.25) is 0 Å². The first-order valence-corrected chi connectivity index (χ1v) is 5.92. The quantitative estimate of drug-likeness (QED) is 0.722. The Labute approximate surface area is 97.3 Å². The topological polar surface area (TPSA) is 41.5 Å². The molecule has 0 bridgehead atoms. The molecular formula is C13H20N2O. The Kier molecular flexibility index (Phi) is 5.54. The van der Waals surface area contributed by atoms with Crippen LogP contribution in [-0.2, 0) is 4.79 Å². The van der Waals surface area contributed by atoms with Gasteiger partial charge in [-0.15, -0.1) is 0 Å². The number of hydrogen-bond donors (Lipinski definition) is 1. The number of carbonyl (C=O) groups excluding carboxylic acids is 1. The average molecular weight is 220 g/mol. The molecule has 0 aromatic rings. The standard InChI is InChI=1S/C13H20N2O/c1-3-7-11(14-9-4-2)13(16)12-8-5-6-10-15-12/h3,6-7,10,12,15H,4-5,8-9H2,1-2H3/b7-3-,14-11+/t12-/m0/s1. The van der Waals surface area contributed by atoms with Crippen LogP contribution in [0.4, 0.5) is 0 Å². The first-order chi connectivity index (χ1) is 7.79. The fraction of sp³-hybridized carbons (Fsp3) is 0.538. The zero-order valence-electron chi connectivity index (χ0n) is 10.1. The van der Waals surface area contributed by atoms with Crippen LogP contribution >= 0.6 is 0 Å². The summed E-state index contributed by atoms with van der Waals surface area (Å²) in [6, 6.07) is -0.100. The van der Waals surface area contributed by atoms with Crippen LogP contribution in [0.5, 0.6) is 0 Å². The van der Waals surface area contributed by atoms with Crippen molar-refractivity contribution in [1.82, 2.24) is 5.32 Å². The van der Waals surface area contributed by atoms with E-state index < -0.39 is 0 Å². The Balaban J connectivity index is 2.70. The van der Waals surface area contributed by atoms with Gasteiger partial charge in [-0.1, -0.05) is 19.1 Å². The smallest absolute Gasteiger partial charge is 0.202 e. The van der Waals surface area contributed by atoms with Gasteiger partial charge in [0.1, 0.15) is 5.71 Å². The van der Waals surface area contributed by atoms with Gasteiger partial charge in [0, 0.05) is 6.54 Å². The lowest BCUT2D eigenvalue weighted by Crippen LogP contribution is -2.39. The number of nitrogens with one attached hydrogen (secondary N) is 1. The van der Waals surface area contributed by atoms with Crippen molar-refractivity contribution in [3.05, 3.63) is 24.4 Å². The number of nitrogens with zero attached hydrogens (tertiary/aromatic N) is 1. The number of aliphatic imine (C=N–C) groups is 1. The van der Waals surface area contributed by atoms with Crippen LogP contribution in [-0.4, -0.2) is 24.1 Å². The molecule has 0 aromatic heterocycles. The molecule has 0 amide bonds. The Hall–Kier alpha value is -1.38. The number of hydrogen-bond acceptors (Lipinski definition) is 3. The Morgan fingerprint density at radius 3 is 3.00 bits per heavy atom. The molecule has 1 rings (SSSR count). The molecule has 0 saturated heterocycles. The average Bonchev–Trinajstić information content (AvgIpc) is 2.35. The van der Waals surface area contributed by atoms with Gasteiger partial charge in [0.2, 0.25) is 5.78 Å². The molecule has 3 nitrogen and oxygen atoms in total. The van der Waals surface area contributed by atoms with E-state index in [9.17, 15) is 4.79 Å². The summed E-state index contributed by atoms with van der Waals surface area (Å²) in [4.78, 5) is 16.4. The fourth-order valence-corrected chi connectivity index (χ4v) is 1.60.